The van der Waals surface area contributed by atoms with Crippen molar-refractivity contribution in [2.75, 3.05) is 33.9 Å². The van der Waals surface area contributed by atoms with Gasteiger partial charge in [-0.2, -0.15) is 0 Å². The van der Waals surface area contributed by atoms with Gasteiger partial charge in [0.25, 0.3) is 0 Å². The Kier molecular flexibility index (Phi) is 20.7. The number of amides is 4. The van der Waals surface area contributed by atoms with Crippen molar-refractivity contribution >= 4 is 35.3 Å². The normalized spacial score (nSPS) is 13.1. The van der Waals surface area contributed by atoms with Gasteiger partial charge in [0, 0.05) is 22.8 Å². The number of H-pyrrole nitrogens is 2. The number of ether oxygens (including phenoxy) is 2. The first-order valence-corrected chi connectivity index (χ1v) is 21.6. The fourth-order valence-corrected chi connectivity index (χ4v) is 7.80. The molecular weight excluding hydrogens is 817 g/mol. The summed E-state index contributed by atoms with van der Waals surface area (Å²) in [6.07, 6.45) is 22.0. The van der Waals surface area contributed by atoms with Crippen LogP contribution >= 0.6 is 11.3 Å². The average Bonchev–Trinajstić information content (AvgIpc) is 4.16. The van der Waals surface area contributed by atoms with Gasteiger partial charge in [0.15, 0.2) is 0 Å². The molecule has 5 aromatic rings. The summed E-state index contributed by atoms with van der Waals surface area (Å²) in [5, 5.41) is 5.14. The first-order valence-electron chi connectivity index (χ1n) is 20.8. The molecule has 1 fully saturated rings. The molecule has 1 aliphatic rings. The number of likely N-dealkylation sites (tertiary alicyclic amines) is 1. The van der Waals surface area contributed by atoms with Crippen LogP contribution in [0.2, 0.25) is 0 Å². The van der Waals surface area contributed by atoms with Gasteiger partial charge in [-0.25, -0.2) is 19.6 Å². The fourth-order valence-electron chi connectivity index (χ4n) is 6.79. The largest absolute Gasteiger partial charge is 0.453 e. The molecule has 0 aliphatic carbocycles. The molecule has 1 unspecified atom stereocenters. The summed E-state index contributed by atoms with van der Waals surface area (Å²) in [7, 11) is 2.55. The van der Waals surface area contributed by atoms with E-state index in [0.717, 1.165) is 68.5 Å². The van der Waals surface area contributed by atoms with E-state index in [1.165, 1.54) is 20.6 Å². The topological polar surface area (TPSA) is 175 Å². The van der Waals surface area contributed by atoms with Crippen molar-refractivity contribution in [1.82, 2.24) is 40.4 Å². The van der Waals surface area contributed by atoms with E-state index in [9.17, 15) is 19.2 Å². The lowest BCUT2D eigenvalue weighted by atomic mass is 10.0. The Morgan fingerprint density at radius 1 is 0.810 bits per heavy atom. The number of rotatable bonds is 14. The number of nitrogens with one attached hydrogen (secondary N) is 4. The molecule has 0 bridgehead atoms. The lowest BCUT2D eigenvalue weighted by molar-refractivity contribution is -0.135. The zero-order chi connectivity index (χ0) is 46.5. The first-order chi connectivity index (χ1) is 30.5. The summed E-state index contributed by atoms with van der Waals surface area (Å²) in [6, 6.07) is 20.0. The van der Waals surface area contributed by atoms with Crippen molar-refractivity contribution in [3.63, 3.8) is 0 Å². The standard InChI is InChI=1S/C41H48N8O6S.C3H8.2C2H2/c1-6-19-48(36(50)23-44-40(52)54-4)24-35-42-21-30(45-35)26-9-13-28(14-10-26)33-17-18-34(56-33)29-15-11-27(12-16-29)31-22-43-38(46-31)32-8-7-20-49(32)39(51)37(25(2)3)47-41(53)55-5;1-3-2;2*1-2/h9-18,21-22,25,32,37H,6-8,19-20,23-24H2,1-5H3,(H,42,45)(H,43,46)(H,44,52)(H,47,53);3H2,1-2H3;2*1-2H/t32-,37?;;;/m0.../s1. The number of aromatic nitrogens is 4. The molecule has 6 rings (SSSR count). The lowest BCUT2D eigenvalue weighted by Crippen LogP contribution is -2.51. The highest BCUT2D eigenvalue weighted by molar-refractivity contribution is 7.18. The van der Waals surface area contributed by atoms with Gasteiger partial charge in [0.2, 0.25) is 11.8 Å². The van der Waals surface area contributed by atoms with Crippen molar-refractivity contribution in [1.29, 1.82) is 0 Å². The van der Waals surface area contributed by atoms with Gasteiger partial charge < -0.3 is 39.9 Å². The summed E-state index contributed by atoms with van der Waals surface area (Å²) >= 11 is 1.72. The van der Waals surface area contributed by atoms with E-state index in [1.807, 2.05) is 31.9 Å². The maximum Gasteiger partial charge on any atom is 0.407 e. The predicted molar refractivity (Wildman–Crippen MR) is 250 cm³/mol. The molecule has 1 saturated heterocycles. The van der Waals surface area contributed by atoms with Gasteiger partial charge in [-0.05, 0) is 59.6 Å². The number of hydrogen-bond donors (Lipinski definition) is 4. The quantitative estimate of drug-likeness (QED) is 0.0801. The Hall–Kier alpha value is -6.84. The van der Waals surface area contributed by atoms with Gasteiger partial charge in [0.1, 0.15) is 24.2 Å². The Morgan fingerprint density at radius 2 is 1.33 bits per heavy atom. The van der Waals surface area contributed by atoms with E-state index < -0.39 is 18.2 Å². The van der Waals surface area contributed by atoms with Crippen LogP contribution in [0.25, 0.3) is 43.4 Å². The van der Waals surface area contributed by atoms with Crippen LogP contribution < -0.4 is 10.6 Å². The van der Waals surface area contributed by atoms with Crippen molar-refractivity contribution in [3.05, 3.63) is 84.7 Å². The van der Waals surface area contributed by atoms with Crippen LogP contribution in [-0.2, 0) is 25.6 Å². The molecule has 15 heteroatoms. The molecule has 1 aliphatic heterocycles. The molecule has 14 nitrogen and oxygen atoms in total. The molecule has 0 spiro atoms. The van der Waals surface area contributed by atoms with Crippen LogP contribution in [0.3, 0.4) is 0 Å². The van der Waals surface area contributed by atoms with Gasteiger partial charge in [-0.15, -0.1) is 37.0 Å². The highest BCUT2D eigenvalue weighted by Crippen LogP contribution is 2.37. The Bertz CT molecular complexity index is 2230. The number of carbonyl (C=O) groups is 4. The number of benzene rings is 2. The fraction of sp³-hybridized carbons (Fsp3) is 0.375. The molecule has 0 saturated carbocycles. The second-order valence-electron chi connectivity index (χ2n) is 14.7. The zero-order valence-corrected chi connectivity index (χ0v) is 38.1. The van der Waals surface area contributed by atoms with Gasteiger partial charge in [-0.3, -0.25) is 9.59 Å². The number of methoxy groups -OCH3 is 2. The molecule has 0 radical (unpaired) electrons. The number of alkyl carbamates (subject to hydrolysis) is 2. The number of imidazole rings is 2. The SMILES string of the molecule is C#C.C#C.CCC.CCCN(Cc1ncc(-c2ccc(-c3ccc(-c4ccc(-c5cnc([C@@H]6CCCN6C(=O)C(NC(=O)OC)C(C)C)[nH]5)cc4)s3)cc2)[nH]1)C(=O)CNC(=O)OC. The third-order valence-electron chi connectivity index (χ3n) is 9.79. The molecule has 4 heterocycles. The summed E-state index contributed by atoms with van der Waals surface area (Å²) in [4.78, 5) is 71.3. The van der Waals surface area contributed by atoms with Crippen LogP contribution in [0.15, 0.2) is 73.1 Å². The number of carbonyl (C=O) groups excluding carboxylic acids is 4. The van der Waals surface area contributed by atoms with Crippen molar-refractivity contribution in [2.24, 2.45) is 5.92 Å². The second kappa shape index (κ2) is 25.8. The van der Waals surface area contributed by atoms with Crippen molar-refractivity contribution in [2.45, 2.75) is 78.9 Å². The van der Waals surface area contributed by atoms with Gasteiger partial charge in [0.05, 0.1) is 50.6 Å². The highest BCUT2D eigenvalue weighted by atomic mass is 32.1. The minimum absolute atomic E-state index is 0.101. The van der Waals surface area contributed by atoms with E-state index in [2.05, 4.69) is 136 Å². The Morgan fingerprint density at radius 3 is 1.86 bits per heavy atom. The van der Waals surface area contributed by atoms with Crippen molar-refractivity contribution < 1.29 is 28.7 Å². The minimum Gasteiger partial charge on any atom is -0.453 e. The molecule has 2 atom stereocenters. The Balaban J connectivity index is 0.00000143. The predicted octanol–water partition coefficient (Wildman–Crippen LogP) is 8.92. The third kappa shape index (κ3) is 13.8. The average molecular weight is 877 g/mol. The van der Waals surface area contributed by atoms with E-state index in [4.69, 9.17) is 4.74 Å². The van der Waals surface area contributed by atoms with E-state index in [1.54, 1.807) is 22.4 Å². The zero-order valence-electron chi connectivity index (χ0n) is 37.3. The lowest BCUT2D eigenvalue weighted by Gasteiger charge is -2.30. The number of aromatic amines is 2. The maximum atomic E-state index is 13.5. The molecule has 4 N–H and O–H groups in total. The number of hydrogen-bond acceptors (Lipinski definition) is 9. The maximum absolute atomic E-state index is 13.5. The number of thiophene rings is 1. The summed E-state index contributed by atoms with van der Waals surface area (Å²) < 4.78 is 9.32. The monoisotopic (exact) mass is 876 g/mol. The molecule has 63 heavy (non-hydrogen) atoms. The molecular formula is C48H60N8O6S. The summed E-state index contributed by atoms with van der Waals surface area (Å²) in [5.74, 6) is 0.936. The smallest absolute Gasteiger partial charge is 0.407 e. The van der Waals surface area contributed by atoms with Crippen LogP contribution in [0.5, 0.6) is 0 Å². The first kappa shape index (κ1) is 50.5. The van der Waals surface area contributed by atoms with Gasteiger partial charge in [-0.1, -0.05) is 89.6 Å². The van der Waals surface area contributed by atoms with Crippen LogP contribution in [0.4, 0.5) is 9.59 Å². The highest BCUT2D eigenvalue weighted by Gasteiger charge is 2.37. The van der Waals surface area contributed by atoms with Crippen LogP contribution in [-0.4, -0.2) is 93.6 Å². The van der Waals surface area contributed by atoms with Crippen LogP contribution in [0, 0.1) is 31.6 Å². The third-order valence-corrected chi connectivity index (χ3v) is 11.0. The molecule has 2 aromatic carbocycles. The van der Waals surface area contributed by atoms with E-state index in [-0.39, 0.29) is 30.3 Å². The number of nitrogens with zero attached hydrogens (tertiary/aromatic N) is 4. The summed E-state index contributed by atoms with van der Waals surface area (Å²) in [5.41, 5.74) is 5.89. The van der Waals surface area contributed by atoms with Crippen LogP contribution in [0.1, 0.15) is 78.0 Å². The second-order valence-corrected chi connectivity index (χ2v) is 15.7. The Labute approximate surface area is 375 Å². The molecule has 4 amide bonds. The molecule has 3 aromatic heterocycles. The molecule has 334 valence electrons. The van der Waals surface area contributed by atoms with Gasteiger partial charge >= 0.3 is 12.2 Å². The van der Waals surface area contributed by atoms with Crippen molar-refractivity contribution in [3.8, 4) is 69.1 Å². The van der Waals surface area contributed by atoms with E-state index >= 15 is 0 Å². The minimum atomic E-state index is -0.683. The summed E-state index contributed by atoms with van der Waals surface area (Å²) in [6.45, 7) is 11.3. The van der Waals surface area contributed by atoms with E-state index in [0.29, 0.717) is 25.5 Å². The number of terminal acetylenes is 2.